The maximum atomic E-state index is 12.6. The zero-order chi connectivity index (χ0) is 21.0. The molecule has 0 aliphatic rings. The van der Waals surface area contributed by atoms with E-state index >= 15 is 0 Å². The van der Waals surface area contributed by atoms with Gasteiger partial charge in [0.25, 0.3) is 10.0 Å². The minimum absolute atomic E-state index is 0.125. The largest absolute Gasteiger partial charge is 0.326 e. The monoisotopic (exact) mass is 426 g/mol. The van der Waals surface area contributed by atoms with E-state index < -0.39 is 10.0 Å². The lowest BCUT2D eigenvalue weighted by molar-refractivity contribution is -0.114. The number of amides is 1. The van der Waals surface area contributed by atoms with Crippen molar-refractivity contribution >= 4 is 39.1 Å². The van der Waals surface area contributed by atoms with Crippen LogP contribution in [0.3, 0.4) is 0 Å². The maximum absolute atomic E-state index is 12.6. The molecule has 0 aromatic heterocycles. The number of carbonyl (C=O) groups excluding carboxylic acids is 1. The molecule has 0 radical (unpaired) electrons. The summed E-state index contributed by atoms with van der Waals surface area (Å²) in [7, 11) is -3.71. The fourth-order valence-corrected chi connectivity index (χ4v) is 4.61. The first-order valence-electron chi connectivity index (χ1n) is 8.98. The predicted molar refractivity (Wildman–Crippen MR) is 118 cm³/mol. The summed E-state index contributed by atoms with van der Waals surface area (Å²) >= 11 is 1.63. The van der Waals surface area contributed by atoms with Crippen molar-refractivity contribution in [1.29, 1.82) is 0 Å². The number of sulfonamides is 1. The molecule has 0 saturated carbocycles. The Morgan fingerprint density at radius 2 is 1.38 bits per heavy atom. The van der Waals surface area contributed by atoms with Gasteiger partial charge in [-0.25, -0.2) is 8.42 Å². The van der Waals surface area contributed by atoms with Crippen molar-refractivity contribution < 1.29 is 13.2 Å². The Hall–Kier alpha value is -2.77. The molecule has 0 aliphatic carbocycles. The van der Waals surface area contributed by atoms with E-state index in [4.69, 9.17) is 0 Å². The number of aryl methyl sites for hydroxylation is 2. The molecule has 3 aromatic rings. The first-order valence-corrected chi connectivity index (χ1v) is 11.3. The van der Waals surface area contributed by atoms with Crippen molar-refractivity contribution in [3.8, 4) is 0 Å². The summed E-state index contributed by atoms with van der Waals surface area (Å²) in [5.74, 6) is -0.211. The van der Waals surface area contributed by atoms with Gasteiger partial charge in [-0.05, 0) is 85.6 Å². The van der Waals surface area contributed by atoms with Gasteiger partial charge in [-0.15, -0.1) is 0 Å². The van der Waals surface area contributed by atoms with Gasteiger partial charge < -0.3 is 5.32 Å². The van der Waals surface area contributed by atoms with Crippen LogP contribution in [-0.2, 0) is 14.8 Å². The molecule has 0 spiro atoms. The molecule has 150 valence electrons. The zero-order valence-corrected chi connectivity index (χ0v) is 18.0. The number of benzene rings is 3. The number of carbonyl (C=O) groups is 1. The SMILES string of the molecule is CC(=O)Nc1ccc(S(=O)(=O)Nc2ccc(Sc3ccc(C)c(C)c3)cc2)cc1. The first-order chi connectivity index (χ1) is 13.7. The summed E-state index contributed by atoms with van der Waals surface area (Å²) in [4.78, 5) is 13.4. The van der Waals surface area contributed by atoms with Gasteiger partial charge in [-0.2, -0.15) is 0 Å². The Labute approximate surface area is 175 Å². The smallest absolute Gasteiger partial charge is 0.261 e. The third kappa shape index (κ3) is 5.62. The standard InChI is InChI=1S/C22H22N2O3S2/c1-15-4-9-21(14-16(15)2)28-20-10-5-19(6-11-20)24-29(26,27)22-12-7-18(8-13-22)23-17(3)25/h4-14,24H,1-3H3,(H,23,25). The van der Waals surface area contributed by atoms with Gasteiger partial charge in [0.05, 0.1) is 4.90 Å². The van der Waals surface area contributed by atoms with Crippen LogP contribution in [0.2, 0.25) is 0 Å². The van der Waals surface area contributed by atoms with Gasteiger partial charge in [-0.1, -0.05) is 17.8 Å². The van der Waals surface area contributed by atoms with Gasteiger partial charge in [0.1, 0.15) is 0 Å². The van der Waals surface area contributed by atoms with Crippen LogP contribution < -0.4 is 10.0 Å². The van der Waals surface area contributed by atoms with Crippen molar-refractivity contribution in [2.24, 2.45) is 0 Å². The van der Waals surface area contributed by atoms with Crippen molar-refractivity contribution in [1.82, 2.24) is 0 Å². The second-order valence-corrected chi connectivity index (χ2v) is 9.51. The summed E-state index contributed by atoms with van der Waals surface area (Å²) in [6.45, 7) is 5.56. The van der Waals surface area contributed by atoms with Gasteiger partial charge in [0.2, 0.25) is 5.91 Å². The summed E-state index contributed by atoms with van der Waals surface area (Å²) < 4.78 is 27.7. The summed E-state index contributed by atoms with van der Waals surface area (Å²) in [6, 6.07) is 19.6. The quantitative estimate of drug-likeness (QED) is 0.567. The average Bonchev–Trinajstić information content (AvgIpc) is 2.66. The van der Waals surface area contributed by atoms with Crippen LogP contribution in [0.25, 0.3) is 0 Å². The van der Waals surface area contributed by atoms with Crippen LogP contribution in [0.15, 0.2) is 81.4 Å². The van der Waals surface area contributed by atoms with E-state index in [1.165, 1.54) is 30.2 Å². The Morgan fingerprint density at radius 3 is 1.97 bits per heavy atom. The Bertz CT molecular complexity index is 1120. The van der Waals surface area contributed by atoms with Gasteiger partial charge in [-0.3, -0.25) is 9.52 Å². The van der Waals surface area contributed by atoms with Crippen LogP contribution in [0, 0.1) is 13.8 Å². The number of hydrogen-bond donors (Lipinski definition) is 2. The lowest BCUT2D eigenvalue weighted by Gasteiger charge is -2.10. The van der Waals surface area contributed by atoms with E-state index in [1.54, 1.807) is 36.0 Å². The molecule has 2 N–H and O–H groups in total. The molecule has 1 amide bonds. The highest BCUT2D eigenvalue weighted by Gasteiger charge is 2.14. The average molecular weight is 427 g/mol. The third-order valence-electron chi connectivity index (χ3n) is 4.31. The Balaban J connectivity index is 1.69. The highest BCUT2D eigenvalue weighted by Crippen LogP contribution is 2.30. The normalized spacial score (nSPS) is 11.1. The highest BCUT2D eigenvalue weighted by atomic mass is 32.2. The van der Waals surface area contributed by atoms with Crippen molar-refractivity contribution in [2.75, 3.05) is 10.0 Å². The molecule has 0 aliphatic heterocycles. The zero-order valence-electron chi connectivity index (χ0n) is 16.4. The second kappa shape index (κ2) is 8.71. The molecule has 0 unspecified atom stereocenters. The second-order valence-electron chi connectivity index (χ2n) is 6.68. The molecule has 7 heteroatoms. The Morgan fingerprint density at radius 1 is 0.793 bits per heavy atom. The Kier molecular flexibility index (Phi) is 6.30. The van der Waals surface area contributed by atoms with Gasteiger partial charge in [0.15, 0.2) is 0 Å². The van der Waals surface area contributed by atoms with Gasteiger partial charge in [0, 0.05) is 28.1 Å². The van der Waals surface area contributed by atoms with Crippen LogP contribution in [0.1, 0.15) is 18.1 Å². The molecule has 5 nitrogen and oxygen atoms in total. The van der Waals surface area contributed by atoms with Crippen LogP contribution in [0.5, 0.6) is 0 Å². The fraction of sp³-hybridized carbons (Fsp3) is 0.136. The lowest BCUT2D eigenvalue weighted by Crippen LogP contribution is -2.13. The minimum atomic E-state index is -3.71. The summed E-state index contributed by atoms with van der Waals surface area (Å²) in [5, 5.41) is 2.61. The molecular formula is C22H22N2O3S2. The molecular weight excluding hydrogens is 404 g/mol. The third-order valence-corrected chi connectivity index (χ3v) is 6.70. The van der Waals surface area contributed by atoms with E-state index in [0.29, 0.717) is 11.4 Å². The van der Waals surface area contributed by atoms with E-state index in [9.17, 15) is 13.2 Å². The van der Waals surface area contributed by atoms with Crippen molar-refractivity contribution in [3.05, 3.63) is 77.9 Å². The van der Waals surface area contributed by atoms with E-state index in [1.807, 2.05) is 12.1 Å². The van der Waals surface area contributed by atoms with E-state index in [0.717, 1.165) is 9.79 Å². The van der Waals surface area contributed by atoms with Crippen molar-refractivity contribution in [2.45, 2.75) is 35.5 Å². The maximum Gasteiger partial charge on any atom is 0.261 e. The first kappa shape index (κ1) is 21.0. The fourth-order valence-electron chi connectivity index (χ4n) is 2.64. The molecule has 0 fully saturated rings. The number of nitrogens with one attached hydrogen (secondary N) is 2. The summed E-state index contributed by atoms with van der Waals surface area (Å²) in [6.07, 6.45) is 0. The number of rotatable bonds is 6. The lowest BCUT2D eigenvalue weighted by atomic mass is 10.1. The topological polar surface area (TPSA) is 75.3 Å². The molecule has 0 bridgehead atoms. The van der Waals surface area contributed by atoms with Crippen LogP contribution in [-0.4, -0.2) is 14.3 Å². The molecule has 29 heavy (non-hydrogen) atoms. The molecule has 3 aromatic carbocycles. The minimum Gasteiger partial charge on any atom is -0.326 e. The number of anilines is 2. The molecule has 3 rings (SSSR count). The molecule has 0 heterocycles. The summed E-state index contributed by atoms with van der Waals surface area (Å²) in [5.41, 5.74) is 3.53. The van der Waals surface area contributed by atoms with Crippen LogP contribution in [0.4, 0.5) is 11.4 Å². The highest BCUT2D eigenvalue weighted by molar-refractivity contribution is 7.99. The van der Waals surface area contributed by atoms with Crippen molar-refractivity contribution in [3.63, 3.8) is 0 Å². The molecule has 0 saturated heterocycles. The van der Waals surface area contributed by atoms with Crippen LogP contribution >= 0.6 is 11.8 Å². The van der Waals surface area contributed by atoms with E-state index in [2.05, 4.69) is 42.1 Å². The van der Waals surface area contributed by atoms with Gasteiger partial charge >= 0.3 is 0 Å². The van der Waals surface area contributed by atoms with E-state index in [-0.39, 0.29) is 10.8 Å². The predicted octanol–water partition coefficient (Wildman–Crippen LogP) is 5.21. The molecule has 0 atom stereocenters. The number of hydrogen-bond acceptors (Lipinski definition) is 4.